The van der Waals surface area contributed by atoms with Gasteiger partial charge >= 0.3 is 12.4 Å². The van der Waals surface area contributed by atoms with Crippen LogP contribution in [0.1, 0.15) is 5.56 Å². The zero-order chi connectivity index (χ0) is 15.7. The molecule has 0 fully saturated rings. The normalized spacial score (nSPS) is 12.6. The number of halogens is 7. The van der Waals surface area contributed by atoms with E-state index >= 15 is 0 Å². The average molecular weight is 365 g/mol. The summed E-state index contributed by atoms with van der Waals surface area (Å²) in [6.45, 7) is 0. The lowest BCUT2D eigenvalue weighted by Crippen LogP contribution is -2.46. The largest absolute Gasteiger partial charge is 0.471 e. The Kier molecular flexibility index (Phi) is 4.57. The van der Waals surface area contributed by atoms with E-state index in [2.05, 4.69) is 20.7 Å². The number of hydrogen-bond donors (Lipinski definition) is 2. The molecule has 3 N–H and O–H groups in total. The molecule has 0 spiro atoms. The minimum atomic E-state index is -5.64. The fraction of sp³-hybridized carbons (Fsp3) is 0.300. The summed E-state index contributed by atoms with van der Waals surface area (Å²) in [6.07, 6.45) is -15.3. The summed E-state index contributed by atoms with van der Waals surface area (Å²) >= 11 is 2.88. The van der Waals surface area contributed by atoms with Crippen LogP contribution in [-0.2, 0) is 0 Å². The lowest BCUT2D eigenvalue weighted by Gasteiger charge is -2.25. The molecule has 0 aliphatic carbocycles. The molecule has 3 nitrogen and oxygen atoms in total. The van der Waals surface area contributed by atoms with Crippen LogP contribution in [-0.4, -0.2) is 24.3 Å². The highest BCUT2D eigenvalue weighted by Gasteiger charge is 2.59. The topological polar surface area (TPSA) is 59.1 Å². The van der Waals surface area contributed by atoms with Gasteiger partial charge in [0.15, 0.2) is 0 Å². The molecule has 0 aliphatic heterocycles. The van der Waals surface area contributed by atoms with Crippen LogP contribution in [0.5, 0.6) is 5.75 Å². The maximum Gasteiger partial charge on any atom is 0.434 e. The number of nitrogen functional groups attached to an aromatic ring is 1. The molecule has 1 rings (SSSR count). The van der Waals surface area contributed by atoms with E-state index in [4.69, 9.17) is 11.1 Å². The lowest BCUT2D eigenvalue weighted by atomic mass is 10.2. The molecule has 112 valence electrons. The number of benzene rings is 1. The number of nitrogens with two attached hydrogens (primary N) is 1. The van der Waals surface area contributed by atoms with Crippen LogP contribution in [0.15, 0.2) is 22.7 Å². The van der Waals surface area contributed by atoms with Crippen LogP contribution >= 0.6 is 15.9 Å². The summed E-state index contributed by atoms with van der Waals surface area (Å²) in [4.78, 5) is 0. The number of alkyl halides is 6. The Bertz CT molecular complexity index is 499. The summed E-state index contributed by atoms with van der Waals surface area (Å²) in [5.74, 6) is -1.51. The van der Waals surface area contributed by atoms with Gasteiger partial charge in [-0.2, -0.15) is 26.3 Å². The second-order valence-corrected chi connectivity index (χ2v) is 4.46. The minimum Gasteiger partial charge on any atom is -0.471 e. The van der Waals surface area contributed by atoms with E-state index in [9.17, 15) is 26.3 Å². The van der Waals surface area contributed by atoms with E-state index in [0.29, 0.717) is 0 Å². The van der Waals surface area contributed by atoms with Gasteiger partial charge in [-0.3, -0.25) is 5.41 Å². The molecule has 0 aliphatic rings. The highest BCUT2D eigenvalue weighted by Crippen LogP contribution is 2.38. The van der Waals surface area contributed by atoms with Crippen LogP contribution < -0.4 is 10.5 Å². The van der Waals surface area contributed by atoms with Gasteiger partial charge < -0.3 is 10.5 Å². The highest BCUT2D eigenvalue weighted by atomic mass is 79.9. The van der Waals surface area contributed by atoms with Gasteiger partial charge in [-0.05, 0) is 28.1 Å². The maximum atomic E-state index is 12.4. The zero-order valence-corrected chi connectivity index (χ0v) is 11.0. The van der Waals surface area contributed by atoms with Crippen molar-refractivity contribution in [2.75, 3.05) is 0 Å². The standard InChI is InChI=1S/C10H7BrF6N2O/c11-4-2-1-3-5(6(4)7(18)19)20-8(9(12,13)14)10(15,16)17/h1-3,8H,(H3,18,19). The second-order valence-electron chi connectivity index (χ2n) is 3.61. The molecule has 0 saturated heterocycles. The molecule has 0 aromatic heterocycles. The predicted molar refractivity (Wildman–Crippen MR) is 61.7 cm³/mol. The van der Waals surface area contributed by atoms with Crippen LogP contribution in [0.3, 0.4) is 0 Å². The SMILES string of the molecule is N=C(N)c1c(Br)cccc1OC(C(F)(F)F)C(F)(F)F. The molecule has 0 amide bonds. The van der Waals surface area contributed by atoms with Crippen molar-refractivity contribution >= 4 is 21.8 Å². The van der Waals surface area contributed by atoms with Gasteiger partial charge in [-0.1, -0.05) is 6.07 Å². The fourth-order valence-electron chi connectivity index (χ4n) is 1.31. The molecular formula is C10H7BrF6N2O. The summed E-state index contributed by atoms with van der Waals surface area (Å²) in [7, 11) is 0. The molecule has 0 atom stereocenters. The van der Waals surface area contributed by atoms with Crippen LogP contribution in [0.25, 0.3) is 0 Å². The number of amidine groups is 1. The molecule has 10 heteroatoms. The summed E-state index contributed by atoms with van der Waals surface area (Å²) in [6, 6.07) is 3.33. The van der Waals surface area contributed by atoms with Crippen molar-refractivity contribution in [2.24, 2.45) is 5.73 Å². The smallest absolute Gasteiger partial charge is 0.434 e. The highest BCUT2D eigenvalue weighted by molar-refractivity contribution is 9.10. The number of ether oxygens (including phenoxy) is 1. The first-order chi connectivity index (χ1) is 8.94. The molecule has 0 radical (unpaired) electrons. The van der Waals surface area contributed by atoms with E-state index in [1.807, 2.05) is 0 Å². The van der Waals surface area contributed by atoms with Crippen LogP contribution in [0, 0.1) is 5.41 Å². The van der Waals surface area contributed by atoms with E-state index < -0.39 is 30.0 Å². The molecule has 0 bridgehead atoms. The van der Waals surface area contributed by atoms with Gasteiger partial charge in [0.05, 0.1) is 5.56 Å². The molecule has 0 saturated carbocycles. The van der Waals surface area contributed by atoms with Crippen molar-refractivity contribution in [3.05, 3.63) is 28.2 Å². The van der Waals surface area contributed by atoms with Crippen molar-refractivity contribution in [3.63, 3.8) is 0 Å². The first-order valence-electron chi connectivity index (χ1n) is 4.87. The molecular weight excluding hydrogens is 358 g/mol. The monoisotopic (exact) mass is 364 g/mol. The van der Waals surface area contributed by atoms with Gasteiger partial charge in [0, 0.05) is 4.47 Å². The first-order valence-corrected chi connectivity index (χ1v) is 5.67. The zero-order valence-electron chi connectivity index (χ0n) is 9.44. The summed E-state index contributed by atoms with van der Waals surface area (Å²) in [5, 5.41) is 7.18. The van der Waals surface area contributed by atoms with E-state index in [0.717, 1.165) is 12.1 Å². The first kappa shape index (κ1) is 16.6. The summed E-state index contributed by atoms with van der Waals surface area (Å²) in [5.41, 5.74) is 4.74. The third-order valence-corrected chi connectivity index (χ3v) is 2.74. The van der Waals surface area contributed by atoms with Crippen molar-refractivity contribution in [1.29, 1.82) is 5.41 Å². The predicted octanol–water partition coefficient (Wildman–Crippen LogP) is 3.61. The third-order valence-electron chi connectivity index (χ3n) is 2.08. The van der Waals surface area contributed by atoms with Gasteiger partial charge in [0.25, 0.3) is 6.10 Å². The van der Waals surface area contributed by atoms with Crippen LogP contribution in [0.2, 0.25) is 0 Å². The second kappa shape index (κ2) is 5.51. The molecule has 20 heavy (non-hydrogen) atoms. The van der Waals surface area contributed by atoms with E-state index in [1.54, 1.807) is 0 Å². The van der Waals surface area contributed by atoms with Crippen molar-refractivity contribution in [2.45, 2.75) is 18.5 Å². The maximum absolute atomic E-state index is 12.4. The van der Waals surface area contributed by atoms with Crippen molar-refractivity contribution in [1.82, 2.24) is 0 Å². The molecule has 0 unspecified atom stereocenters. The Morgan fingerprint density at radius 3 is 2.05 bits per heavy atom. The van der Waals surface area contributed by atoms with E-state index in [-0.39, 0.29) is 10.0 Å². The van der Waals surface area contributed by atoms with Gasteiger partial charge in [-0.15, -0.1) is 0 Å². The molecule has 0 heterocycles. The van der Waals surface area contributed by atoms with Gasteiger partial charge in [-0.25, -0.2) is 0 Å². The Balaban J connectivity index is 3.26. The third kappa shape index (κ3) is 3.78. The Hall–Kier alpha value is -1.45. The Labute approximate surface area is 117 Å². The number of nitrogens with one attached hydrogen (secondary N) is 1. The Morgan fingerprint density at radius 1 is 1.15 bits per heavy atom. The lowest BCUT2D eigenvalue weighted by molar-refractivity contribution is -0.299. The van der Waals surface area contributed by atoms with Crippen molar-refractivity contribution in [3.8, 4) is 5.75 Å². The van der Waals surface area contributed by atoms with Gasteiger partial charge in [0.2, 0.25) is 0 Å². The van der Waals surface area contributed by atoms with Gasteiger partial charge in [0.1, 0.15) is 11.6 Å². The quantitative estimate of drug-likeness (QED) is 0.489. The van der Waals surface area contributed by atoms with E-state index in [1.165, 1.54) is 6.07 Å². The fourth-order valence-corrected chi connectivity index (χ4v) is 1.87. The number of rotatable bonds is 3. The average Bonchev–Trinajstić information content (AvgIpc) is 2.22. The van der Waals surface area contributed by atoms with Crippen LogP contribution in [0.4, 0.5) is 26.3 Å². The Morgan fingerprint density at radius 2 is 1.65 bits per heavy atom. The molecule has 1 aromatic rings. The minimum absolute atomic E-state index is 0.0469. The molecule has 1 aromatic carbocycles. The van der Waals surface area contributed by atoms with Crippen molar-refractivity contribution < 1.29 is 31.1 Å². The summed E-state index contributed by atoms with van der Waals surface area (Å²) < 4.78 is 78.4. The number of hydrogen-bond acceptors (Lipinski definition) is 2.